The van der Waals surface area contributed by atoms with Crippen molar-refractivity contribution in [2.75, 3.05) is 33.5 Å². The van der Waals surface area contributed by atoms with Crippen molar-refractivity contribution in [2.45, 2.75) is 105 Å². The van der Waals surface area contributed by atoms with Crippen molar-refractivity contribution in [1.29, 1.82) is 0 Å². The quantitative estimate of drug-likeness (QED) is 0.0894. The topological polar surface area (TPSA) is 30.5 Å². The molecule has 2 N–H and O–H groups in total. The van der Waals surface area contributed by atoms with Crippen LogP contribution in [0.4, 0.5) is 45.5 Å². The fraction of sp³-hybridized carbons (Fsp3) is 0.375. The lowest BCUT2D eigenvalue weighted by molar-refractivity contribution is 0.506. The van der Waals surface area contributed by atoms with Crippen LogP contribution in [0, 0.1) is 0 Å². The smallest absolute Gasteiger partial charge is 0.0463 e. The van der Waals surface area contributed by atoms with Crippen LogP contribution in [0.5, 0.6) is 0 Å². The summed E-state index contributed by atoms with van der Waals surface area (Å²) in [5, 5.41) is 7.15. The molecule has 0 unspecified atom stereocenters. The zero-order chi connectivity index (χ0) is 37.1. The lowest BCUT2D eigenvalue weighted by Crippen LogP contribution is -2.16. The molecule has 0 bridgehead atoms. The summed E-state index contributed by atoms with van der Waals surface area (Å²) < 4.78 is 0. The molecule has 5 rings (SSSR count). The Hall–Kier alpha value is -4.70. The Morgan fingerprint density at radius 3 is 0.885 bits per heavy atom. The van der Waals surface area contributed by atoms with Crippen LogP contribution in [0.1, 0.15) is 105 Å². The molecule has 52 heavy (non-hydrogen) atoms. The van der Waals surface area contributed by atoms with Crippen molar-refractivity contribution in [1.82, 2.24) is 0 Å². The number of hydrogen-bond acceptors (Lipinski definition) is 4. The second kappa shape index (κ2) is 17.7. The Balaban J connectivity index is 1.53. The Kier molecular flexibility index (Phi) is 13.1. The van der Waals surface area contributed by atoms with E-state index < -0.39 is 0 Å². The van der Waals surface area contributed by atoms with Crippen LogP contribution in [0.2, 0.25) is 0 Å². The summed E-state index contributed by atoms with van der Waals surface area (Å²) in [7, 11) is 0. The third-order valence-electron chi connectivity index (χ3n) is 10.9. The molecule has 274 valence electrons. The Morgan fingerprint density at radius 1 is 0.385 bits per heavy atom. The monoisotopic (exact) mass is 694 g/mol. The predicted octanol–water partition coefficient (Wildman–Crippen LogP) is 14.4. The van der Waals surface area contributed by atoms with Crippen molar-refractivity contribution in [3.05, 3.63) is 132 Å². The van der Waals surface area contributed by atoms with Crippen LogP contribution in [0.3, 0.4) is 0 Å². The lowest BCUT2D eigenvalue weighted by atomic mass is 9.82. The summed E-state index contributed by atoms with van der Waals surface area (Å²) in [5.74, 6) is 0. The van der Waals surface area contributed by atoms with Gasteiger partial charge in [-0.2, -0.15) is 0 Å². The molecule has 0 fully saturated rings. The third kappa shape index (κ3) is 9.39. The van der Waals surface area contributed by atoms with Gasteiger partial charge in [-0.1, -0.05) is 92.5 Å². The van der Waals surface area contributed by atoms with Crippen molar-refractivity contribution in [3.63, 3.8) is 0 Å². The normalized spacial score (nSPS) is 11.7. The zero-order valence-corrected chi connectivity index (χ0v) is 33.1. The maximum Gasteiger partial charge on any atom is 0.0463 e. The zero-order valence-electron chi connectivity index (χ0n) is 33.1. The van der Waals surface area contributed by atoms with Gasteiger partial charge in [-0.25, -0.2) is 0 Å². The van der Waals surface area contributed by atoms with E-state index in [4.69, 9.17) is 0 Å². The number of nitrogens with one attached hydrogen (secondary N) is 2. The molecule has 0 aliphatic heterocycles. The Labute approximate surface area is 315 Å². The van der Waals surface area contributed by atoms with E-state index in [9.17, 15) is 0 Å². The molecule has 5 aromatic rings. The van der Waals surface area contributed by atoms with Gasteiger partial charge in [0.25, 0.3) is 0 Å². The average molecular weight is 695 g/mol. The van der Waals surface area contributed by atoms with Gasteiger partial charge in [-0.05, 0) is 145 Å². The highest BCUT2D eigenvalue weighted by molar-refractivity contribution is 5.82. The van der Waals surface area contributed by atoms with E-state index >= 15 is 0 Å². The molecule has 0 heterocycles. The molecular formula is C48H62N4. The van der Waals surface area contributed by atoms with Crippen LogP contribution in [0.25, 0.3) is 0 Å². The van der Waals surface area contributed by atoms with Crippen LogP contribution in [-0.2, 0) is 10.8 Å². The van der Waals surface area contributed by atoms with Gasteiger partial charge < -0.3 is 20.4 Å². The van der Waals surface area contributed by atoms with E-state index in [0.717, 1.165) is 71.4 Å². The first-order chi connectivity index (χ1) is 25.1. The SMILES string of the molecule is CCCCNc1ccc(N(c2ccc(N(c3ccc(NCCCC)cc3)c3ccc(C(C)(C)CC)cc3)cc2)c2ccc(C(C)(C)CC)cc2)cc1. The number of nitrogens with zero attached hydrogens (tertiary/aromatic N) is 2. The van der Waals surface area contributed by atoms with Gasteiger partial charge in [0.05, 0.1) is 0 Å². The van der Waals surface area contributed by atoms with Crippen LogP contribution in [0.15, 0.2) is 121 Å². The fourth-order valence-electron chi connectivity index (χ4n) is 6.45. The second-order valence-corrected chi connectivity index (χ2v) is 15.4. The molecule has 0 saturated carbocycles. The highest BCUT2D eigenvalue weighted by Gasteiger charge is 2.21. The second-order valence-electron chi connectivity index (χ2n) is 15.4. The number of unbranched alkanes of at least 4 members (excludes halogenated alkanes) is 2. The fourth-order valence-corrected chi connectivity index (χ4v) is 6.45. The number of anilines is 8. The summed E-state index contributed by atoms with van der Waals surface area (Å²) in [6.07, 6.45) is 6.88. The molecule has 0 spiro atoms. The molecule has 0 saturated heterocycles. The van der Waals surface area contributed by atoms with Crippen LogP contribution < -0.4 is 20.4 Å². The Morgan fingerprint density at radius 2 is 0.635 bits per heavy atom. The van der Waals surface area contributed by atoms with Gasteiger partial charge in [0, 0.05) is 58.6 Å². The molecule has 0 atom stereocenters. The molecular weight excluding hydrogens is 633 g/mol. The van der Waals surface area contributed by atoms with Gasteiger partial charge in [0.1, 0.15) is 0 Å². The number of hydrogen-bond donors (Lipinski definition) is 2. The summed E-state index contributed by atoms with van der Waals surface area (Å²) in [6, 6.07) is 45.0. The summed E-state index contributed by atoms with van der Waals surface area (Å²) in [6.45, 7) is 20.3. The minimum Gasteiger partial charge on any atom is -0.385 e. The minimum atomic E-state index is 0.133. The third-order valence-corrected chi connectivity index (χ3v) is 10.9. The van der Waals surface area contributed by atoms with Crippen LogP contribution >= 0.6 is 0 Å². The largest absolute Gasteiger partial charge is 0.385 e. The molecule has 0 radical (unpaired) electrons. The van der Waals surface area contributed by atoms with Crippen molar-refractivity contribution < 1.29 is 0 Å². The van der Waals surface area contributed by atoms with E-state index in [1.165, 1.54) is 36.8 Å². The molecule has 0 amide bonds. The molecule has 0 aliphatic carbocycles. The first kappa shape index (κ1) is 38.5. The van der Waals surface area contributed by atoms with Crippen molar-refractivity contribution >= 4 is 45.5 Å². The van der Waals surface area contributed by atoms with Gasteiger partial charge in [0.15, 0.2) is 0 Å². The highest BCUT2D eigenvalue weighted by Crippen LogP contribution is 2.41. The van der Waals surface area contributed by atoms with Crippen LogP contribution in [-0.4, -0.2) is 13.1 Å². The first-order valence-electron chi connectivity index (χ1n) is 19.7. The van der Waals surface area contributed by atoms with Gasteiger partial charge in [0.2, 0.25) is 0 Å². The number of benzene rings is 5. The lowest BCUT2D eigenvalue weighted by Gasteiger charge is -2.30. The maximum absolute atomic E-state index is 3.58. The predicted molar refractivity (Wildman–Crippen MR) is 229 cm³/mol. The maximum atomic E-state index is 3.58. The van der Waals surface area contributed by atoms with Gasteiger partial charge >= 0.3 is 0 Å². The molecule has 0 aromatic heterocycles. The van der Waals surface area contributed by atoms with Crippen molar-refractivity contribution in [2.24, 2.45) is 0 Å². The average Bonchev–Trinajstić information content (AvgIpc) is 3.17. The van der Waals surface area contributed by atoms with E-state index in [2.05, 4.69) is 197 Å². The standard InChI is InChI=1S/C48H62N4/c1-9-13-35-49-39-19-27-43(28-20-39)51(41-23-15-37(16-24-41)47(5,6)11-3)45-31-33-46(34-32-45)52(42-25-17-38(18-26-42)48(7,8)12-4)44-29-21-40(22-30-44)50-36-14-10-2/h15-34,49-50H,9-14,35-36H2,1-8H3. The molecule has 4 nitrogen and oxygen atoms in total. The summed E-state index contributed by atoms with van der Waals surface area (Å²) >= 11 is 0. The van der Waals surface area contributed by atoms with Gasteiger partial charge in [-0.3, -0.25) is 0 Å². The summed E-state index contributed by atoms with van der Waals surface area (Å²) in [4.78, 5) is 4.73. The van der Waals surface area contributed by atoms with E-state index in [0.29, 0.717) is 0 Å². The minimum absolute atomic E-state index is 0.133. The number of rotatable bonds is 18. The summed E-state index contributed by atoms with van der Waals surface area (Å²) in [5.41, 5.74) is 12.1. The first-order valence-corrected chi connectivity index (χ1v) is 19.7. The molecule has 5 aromatic carbocycles. The van der Waals surface area contributed by atoms with Gasteiger partial charge in [-0.15, -0.1) is 0 Å². The van der Waals surface area contributed by atoms with Crippen molar-refractivity contribution in [3.8, 4) is 0 Å². The van der Waals surface area contributed by atoms with E-state index in [1.54, 1.807) is 0 Å². The van der Waals surface area contributed by atoms with E-state index in [1.807, 2.05) is 0 Å². The molecule has 0 aliphatic rings. The Bertz CT molecular complexity index is 1650. The molecule has 4 heteroatoms. The van der Waals surface area contributed by atoms with E-state index in [-0.39, 0.29) is 10.8 Å². The highest BCUT2D eigenvalue weighted by atomic mass is 15.2.